The molecule has 0 aromatic rings. The first kappa shape index (κ1) is 14.4. The van der Waals surface area contributed by atoms with Crippen molar-refractivity contribution in [1.82, 2.24) is 5.32 Å². The van der Waals surface area contributed by atoms with Crippen LogP contribution in [-0.2, 0) is 9.59 Å². The zero-order valence-corrected chi connectivity index (χ0v) is 10.2. The molecule has 1 aliphatic carbocycles. The van der Waals surface area contributed by atoms with E-state index in [9.17, 15) is 18.4 Å². The van der Waals surface area contributed by atoms with Gasteiger partial charge in [-0.3, -0.25) is 9.59 Å². The van der Waals surface area contributed by atoms with Gasteiger partial charge in [-0.1, -0.05) is 19.3 Å². The Labute approximate surface area is 104 Å². The van der Waals surface area contributed by atoms with Gasteiger partial charge < -0.3 is 5.32 Å². The topological polar surface area (TPSA) is 46.2 Å². The Hall–Kier alpha value is -0.710. The van der Waals surface area contributed by atoms with E-state index in [4.69, 9.17) is 11.6 Å². The molecule has 0 bridgehead atoms. The fourth-order valence-electron chi connectivity index (χ4n) is 2.21. The highest BCUT2D eigenvalue weighted by Gasteiger charge is 2.31. The van der Waals surface area contributed by atoms with Crippen molar-refractivity contribution in [2.75, 3.05) is 5.88 Å². The van der Waals surface area contributed by atoms with Gasteiger partial charge in [0.25, 0.3) is 5.91 Å². The Kier molecular flexibility index (Phi) is 5.82. The first-order chi connectivity index (χ1) is 8.06. The van der Waals surface area contributed by atoms with Crippen LogP contribution in [0.2, 0.25) is 0 Å². The lowest BCUT2D eigenvalue weighted by Gasteiger charge is -2.24. The number of Topliss-reactive ketones (excluding diaryl/α,β-unsaturated/α-hetero) is 1. The second-order valence-corrected chi connectivity index (χ2v) is 4.53. The highest BCUT2D eigenvalue weighted by molar-refractivity contribution is 6.28. The second-order valence-electron chi connectivity index (χ2n) is 4.26. The van der Waals surface area contributed by atoms with Crippen LogP contribution in [0.5, 0.6) is 0 Å². The van der Waals surface area contributed by atoms with Gasteiger partial charge in [-0.05, 0) is 12.8 Å². The number of hydrogen-bond donors (Lipinski definition) is 1. The highest BCUT2D eigenvalue weighted by atomic mass is 35.5. The van der Waals surface area contributed by atoms with Crippen molar-refractivity contribution in [2.45, 2.75) is 44.6 Å². The number of carbonyl (C=O) groups excluding carboxylic acids is 2. The van der Waals surface area contributed by atoms with E-state index in [0.717, 1.165) is 19.3 Å². The van der Waals surface area contributed by atoms with E-state index >= 15 is 0 Å². The van der Waals surface area contributed by atoms with Crippen molar-refractivity contribution in [3.05, 3.63) is 0 Å². The van der Waals surface area contributed by atoms with Crippen LogP contribution in [0.1, 0.15) is 32.1 Å². The van der Waals surface area contributed by atoms with Crippen molar-refractivity contribution in [3.63, 3.8) is 0 Å². The maximum absolute atomic E-state index is 12.2. The molecule has 98 valence electrons. The van der Waals surface area contributed by atoms with Crippen LogP contribution < -0.4 is 5.32 Å². The largest absolute Gasteiger partial charge is 0.348 e. The summed E-state index contributed by atoms with van der Waals surface area (Å²) in [6.45, 7) is 0. The van der Waals surface area contributed by atoms with Gasteiger partial charge in [-0.25, -0.2) is 0 Å². The third-order valence-corrected chi connectivity index (χ3v) is 3.35. The van der Waals surface area contributed by atoms with E-state index in [1.807, 2.05) is 0 Å². The summed E-state index contributed by atoms with van der Waals surface area (Å²) < 4.78 is 24.3. The molecule has 1 rings (SSSR count). The number of carbonyl (C=O) groups is 2. The molecule has 2 unspecified atom stereocenters. The Bertz CT molecular complexity index is 287. The van der Waals surface area contributed by atoms with Crippen molar-refractivity contribution < 1.29 is 18.4 Å². The molecule has 2 atom stereocenters. The standard InChI is InChI=1S/C11H16ClF2NO2/c12-6-9(16)7-4-2-1-3-5-8(7)15-11(17)10(13)14/h7-8,10H,1-6H2,(H,15,17). The molecule has 1 N–H and O–H groups in total. The van der Waals surface area contributed by atoms with Crippen LogP contribution in [-0.4, -0.2) is 30.0 Å². The van der Waals surface area contributed by atoms with Crippen molar-refractivity contribution >= 4 is 23.3 Å². The van der Waals surface area contributed by atoms with Crippen LogP contribution in [0.4, 0.5) is 8.78 Å². The molecule has 17 heavy (non-hydrogen) atoms. The first-order valence-electron chi connectivity index (χ1n) is 5.73. The summed E-state index contributed by atoms with van der Waals surface area (Å²) in [5.41, 5.74) is 0. The fraction of sp³-hybridized carbons (Fsp3) is 0.818. The Balaban J connectivity index is 2.68. The average molecular weight is 268 g/mol. The van der Waals surface area contributed by atoms with Crippen LogP contribution in [0.15, 0.2) is 0 Å². The molecule has 1 aliphatic rings. The van der Waals surface area contributed by atoms with Gasteiger partial charge in [0.2, 0.25) is 0 Å². The van der Waals surface area contributed by atoms with E-state index in [1.165, 1.54) is 0 Å². The summed E-state index contributed by atoms with van der Waals surface area (Å²) >= 11 is 5.49. The van der Waals surface area contributed by atoms with E-state index < -0.39 is 24.3 Å². The van der Waals surface area contributed by atoms with Gasteiger partial charge in [0.05, 0.1) is 5.88 Å². The summed E-state index contributed by atoms with van der Waals surface area (Å²) in [6, 6.07) is -0.495. The molecule has 0 saturated heterocycles. The second kappa shape index (κ2) is 6.89. The molecular weight excluding hydrogens is 252 g/mol. The SMILES string of the molecule is O=C(NC1CCCCCC1C(=O)CCl)C(F)F. The van der Waals surface area contributed by atoms with Crippen molar-refractivity contribution in [1.29, 1.82) is 0 Å². The Morgan fingerprint density at radius 1 is 1.24 bits per heavy atom. The molecule has 1 amide bonds. The molecule has 0 aromatic heterocycles. The third kappa shape index (κ3) is 4.22. The number of rotatable bonds is 4. The molecule has 0 radical (unpaired) electrons. The van der Waals surface area contributed by atoms with Gasteiger partial charge in [-0.2, -0.15) is 8.78 Å². The van der Waals surface area contributed by atoms with E-state index in [-0.39, 0.29) is 11.7 Å². The van der Waals surface area contributed by atoms with Gasteiger partial charge in [-0.15, -0.1) is 11.6 Å². The predicted octanol–water partition coefficient (Wildman–Crippen LogP) is 2.12. The van der Waals surface area contributed by atoms with Crippen molar-refractivity contribution in [3.8, 4) is 0 Å². The smallest absolute Gasteiger partial charge is 0.315 e. The zero-order valence-electron chi connectivity index (χ0n) is 9.43. The van der Waals surface area contributed by atoms with E-state index in [1.54, 1.807) is 0 Å². The normalized spacial score (nSPS) is 25.4. The minimum absolute atomic E-state index is 0.133. The summed E-state index contributed by atoms with van der Waals surface area (Å²) in [5, 5.41) is 2.26. The number of ketones is 1. The van der Waals surface area contributed by atoms with Gasteiger partial charge >= 0.3 is 6.43 Å². The zero-order chi connectivity index (χ0) is 12.8. The molecule has 0 aromatic carbocycles. The predicted molar refractivity (Wildman–Crippen MR) is 60.2 cm³/mol. The van der Waals surface area contributed by atoms with Crippen LogP contribution in [0.25, 0.3) is 0 Å². The van der Waals surface area contributed by atoms with Crippen LogP contribution in [0, 0.1) is 5.92 Å². The first-order valence-corrected chi connectivity index (χ1v) is 6.27. The summed E-state index contributed by atoms with van der Waals surface area (Å²) in [7, 11) is 0. The molecular formula is C11H16ClF2NO2. The molecule has 6 heteroatoms. The highest BCUT2D eigenvalue weighted by Crippen LogP contribution is 2.25. The summed E-state index contributed by atoms with van der Waals surface area (Å²) in [4.78, 5) is 22.6. The summed E-state index contributed by atoms with van der Waals surface area (Å²) in [6.07, 6.45) is 0.790. The molecule has 3 nitrogen and oxygen atoms in total. The number of amides is 1. The minimum atomic E-state index is -3.04. The Morgan fingerprint density at radius 3 is 2.47 bits per heavy atom. The Morgan fingerprint density at radius 2 is 1.88 bits per heavy atom. The molecule has 1 saturated carbocycles. The average Bonchev–Trinajstić information content (AvgIpc) is 2.53. The van der Waals surface area contributed by atoms with Crippen molar-refractivity contribution in [2.24, 2.45) is 5.92 Å². The molecule has 1 fully saturated rings. The lowest BCUT2D eigenvalue weighted by atomic mass is 9.91. The van der Waals surface area contributed by atoms with Gasteiger partial charge in [0.1, 0.15) is 0 Å². The monoisotopic (exact) mass is 267 g/mol. The van der Waals surface area contributed by atoms with Crippen LogP contribution >= 0.6 is 11.6 Å². The molecule has 0 heterocycles. The number of alkyl halides is 3. The number of halogens is 3. The lowest BCUT2D eigenvalue weighted by molar-refractivity contribution is -0.133. The third-order valence-electron chi connectivity index (χ3n) is 3.09. The minimum Gasteiger partial charge on any atom is -0.348 e. The van der Waals surface area contributed by atoms with E-state index in [2.05, 4.69) is 5.32 Å². The quantitative estimate of drug-likeness (QED) is 0.626. The maximum atomic E-state index is 12.2. The van der Waals surface area contributed by atoms with E-state index in [0.29, 0.717) is 12.8 Å². The maximum Gasteiger partial charge on any atom is 0.315 e. The summed E-state index contributed by atoms with van der Waals surface area (Å²) in [5.74, 6) is -2.03. The van der Waals surface area contributed by atoms with Gasteiger partial charge in [0.15, 0.2) is 5.78 Å². The fourth-order valence-corrected chi connectivity index (χ4v) is 2.41. The molecule has 0 aliphatic heterocycles. The number of hydrogen-bond acceptors (Lipinski definition) is 2. The number of nitrogens with one attached hydrogen (secondary N) is 1. The molecule has 0 spiro atoms. The van der Waals surface area contributed by atoms with Crippen LogP contribution in [0.3, 0.4) is 0 Å². The van der Waals surface area contributed by atoms with Gasteiger partial charge in [0, 0.05) is 12.0 Å². The lowest BCUT2D eigenvalue weighted by Crippen LogP contribution is -2.45.